The first-order chi connectivity index (χ1) is 11.6. The van der Waals surface area contributed by atoms with Gasteiger partial charge in [-0.05, 0) is 31.5 Å². The molecule has 0 spiro atoms. The van der Waals surface area contributed by atoms with Crippen LogP contribution in [0, 0.1) is 11.6 Å². The van der Waals surface area contributed by atoms with Gasteiger partial charge in [0.25, 0.3) is 0 Å². The van der Waals surface area contributed by atoms with E-state index in [1.165, 1.54) is 12.3 Å². The molecule has 0 aliphatic heterocycles. The molecule has 4 nitrogen and oxygen atoms in total. The molecule has 0 bridgehead atoms. The Labute approximate surface area is 139 Å². The van der Waals surface area contributed by atoms with E-state index in [1.807, 2.05) is 6.92 Å². The van der Waals surface area contributed by atoms with E-state index >= 15 is 0 Å². The standard InChI is InChI=1S/C18H18F2N4/c1-3-5-11(2)23-18-22-10-15(20)17(24-18)13-8-12-6-4-7-21-16(12)14(19)9-13/h4,6-11H,3,5H2,1-2H3,(H,22,23,24). The molecule has 0 saturated carbocycles. The van der Waals surface area contributed by atoms with Gasteiger partial charge in [0.15, 0.2) is 5.82 Å². The molecule has 2 aromatic heterocycles. The summed E-state index contributed by atoms with van der Waals surface area (Å²) in [5.41, 5.74) is 0.686. The van der Waals surface area contributed by atoms with Crippen LogP contribution in [0.25, 0.3) is 22.2 Å². The maximum Gasteiger partial charge on any atom is 0.223 e. The highest BCUT2D eigenvalue weighted by Crippen LogP contribution is 2.27. The third-order valence-electron chi connectivity index (χ3n) is 3.77. The average molecular weight is 328 g/mol. The van der Waals surface area contributed by atoms with E-state index in [9.17, 15) is 8.78 Å². The molecule has 6 heteroatoms. The number of hydrogen-bond donors (Lipinski definition) is 1. The molecular formula is C18H18F2N4. The van der Waals surface area contributed by atoms with Gasteiger partial charge in [-0.3, -0.25) is 4.98 Å². The normalized spacial score (nSPS) is 12.3. The van der Waals surface area contributed by atoms with E-state index < -0.39 is 11.6 Å². The topological polar surface area (TPSA) is 50.7 Å². The van der Waals surface area contributed by atoms with Gasteiger partial charge in [-0.1, -0.05) is 19.4 Å². The summed E-state index contributed by atoms with van der Waals surface area (Å²) < 4.78 is 28.4. The maximum absolute atomic E-state index is 14.2. The van der Waals surface area contributed by atoms with Crippen LogP contribution in [0.3, 0.4) is 0 Å². The van der Waals surface area contributed by atoms with E-state index in [2.05, 4.69) is 27.2 Å². The first-order valence-electron chi connectivity index (χ1n) is 7.92. The molecule has 1 atom stereocenters. The molecule has 0 fully saturated rings. The van der Waals surface area contributed by atoms with Crippen molar-refractivity contribution in [2.45, 2.75) is 32.7 Å². The number of halogens is 2. The number of benzene rings is 1. The second-order valence-corrected chi connectivity index (χ2v) is 5.76. The van der Waals surface area contributed by atoms with Gasteiger partial charge in [0.2, 0.25) is 5.95 Å². The smallest absolute Gasteiger partial charge is 0.223 e. The molecule has 0 saturated heterocycles. The van der Waals surface area contributed by atoms with Crippen LogP contribution in [-0.2, 0) is 0 Å². The van der Waals surface area contributed by atoms with Crippen molar-refractivity contribution >= 4 is 16.9 Å². The molecule has 1 unspecified atom stereocenters. The van der Waals surface area contributed by atoms with E-state index in [1.54, 1.807) is 18.2 Å². The molecule has 0 aliphatic rings. The van der Waals surface area contributed by atoms with E-state index in [-0.39, 0.29) is 17.3 Å². The van der Waals surface area contributed by atoms with Crippen LogP contribution in [0.4, 0.5) is 14.7 Å². The fourth-order valence-corrected chi connectivity index (χ4v) is 2.65. The number of anilines is 1. The van der Waals surface area contributed by atoms with Gasteiger partial charge in [-0.15, -0.1) is 0 Å². The van der Waals surface area contributed by atoms with Gasteiger partial charge >= 0.3 is 0 Å². The highest BCUT2D eigenvalue weighted by molar-refractivity contribution is 5.84. The molecule has 2 heterocycles. The van der Waals surface area contributed by atoms with Crippen LogP contribution in [-0.4, -0.2) is 21.0 Å². The third kappa shape index (κ3) is 3.32. The van der Waals surface area contributed by atoms with Crippen molar-refractivity contribution in [1.29, 1.82) is 0 Å². The largest absolute Gasteiger partial charge is 0.352 e. The van der Waals surface area contributed by atoms with E-state index in [0.29, 0.717) is 16.9 Å². The number of nitrogens with zero attached hydrogens (tertiary/aromatic N) is 3. The van der Waals surface area contributed by atoms with Crippen molar-refractivity contribution in [2.75, 3.05) is 5.32 Å². The van der Waals surface area contributed by atoms with Crippen LogP contribution in [0.1, 0.15) is 26.7 Å². The fourth-order valence-electron chi connectivity index (χ4n) is 2.65. The maximum atomic E-state index is 14.2. The third-order valence-corrected chi connectivity index (χ3v) is 3.77. The lowest BCUT2D eigenvalue weighted by Gasteiger charge is -2.13. The number of rotatable bonds is 5. The molecule has 3 rings (SSSR count). The van der Waals surface area contributed by atoms with Crippen LogP contribution in [0.2, 0.25) is 0 Å². The minimum absolute atomic E-state index is 0.0702. The summed E-state index contributed by atoms with van der Waals surface area (Å²) in [6.07, 6.45) is 4.60. The van der Waals surface area contributed by atoms with Gasteiger partial charge in [-0.25, -0.2) is 18.7 Å². The molecule has 0 amide bonds. The Hall–Kier alpha value is -2.63. The second-order valence-electron chi connectivity index (χ2n) is 5.76. The molecule has 0 aliphatic carbocycles. The zero-order valence-electron chi connectivity index (χ0n) is 13.6. The van der Waals surface area contributed by atoms with Crippen molar-refractivity contribution in [3.8, 4) is 11.3 Å². The quantitative estimate of drug-likeness (QED) is 0.745. The fraction of sp³-hybridized carbons (Fsp3) is 0.278. The van der Waals surface area contributed by atoms with Gasteiger partial charge in [0, 0.05) is 23.2 Å². The highest BCUT2D eigenvalue weighted by atomic mass is 19.1. The summed E-state index contributed by atoms with van der Waals surface area (Å²) in [4.78, 5) is 12.2. The molecule has 1 aromatic carbocycles. The minimum atomic E-state index is -0.591. The highest BCUT2D eigenvalue weighted by Gasteiger charge is 2.14. The SMILES string of the molecule is CCCC(C)Nc1ncc(F)c(-c2cc(F)c3ncccc3c2)n1. The Morgan fingerprint density at radius 2 is 2.00 bits per heavy atom. The Morgan fingerprint density at radius 1 is 1.17 bits per heavy atom. The van der Waals surface area contributed by atoms with Crippen molar-refractivity contribution < 1.29 is 8.78 Å². The number of hydrogen-bond acceptors (Lipinski definition) is 4. The Morgan fingerprint density at radius 3 is 2.79 bits per heavy atom. The summed E-state index contributed by atoms with van der Waals surface area (Å²) in [7, 11) is 0. The van der Waals surface area contributed by atoms with Crippen LogP contribution in [0.5, 0.6) is 0 Å². The lowest BCUT2D eigenvalue weighted by atomic mass is 10.1. The number of fused-ring (bicyclic) bond motifs is 1. The number of aromatic nitrogens is 3. The average Bonchev–Trinajstić information content (AvgIpc) is 2.57. The van der Waals surface area contributed by atoms with Gasteiger partial charge in [0.05, 0.1) is 6.20 Å². The monoisotopic (exact) mass is 328 g/mol. The lowest BCUT2D eigenvalue weighted by Crippen LogP contribution is -2.17. The van der Waals surface area contributed by atoms with Crippen LogP contribution < -0.4 is 5.32 Å². The molecule has 124 valence electrons. The minimum Gasteiger partial charge on any atom is -0.352 e. The zero-order chi connectivity index (χ0) is 17.1. The first-order valence-corrected chi connectivity index (χ1v) is 7.92. The molecular weight excluding hydrogens is 310 g/mol. The van der Waals surface area contributed by atoms with E-state index in [0.717, 1.165) is 19.0 Å². The predicted molar refractivity (Wildman–Crippen MR) is 90.7 cm³/mol. The second kappa shape index (κ2) is 6.86. The summed E-state index contributed by atoms with van der Waals surface area (Å²) in [5.74, 6) is -0.764. The summed E-state index contributed by atoms with van der Waals surface area (Å²) in [6.45, 7) is 4.10. The molecule has 1 N–H and O–H groups in total. The van der Waals surface area contributed by atoms with Crippen LogP contribution >= 0.6 is 0 Å². The number of pyridine rings is 1. The summed E-state index contributed by atoms with van der Waals surface area (Å²) in [6, 6.07) is 6.54. The van der Waals surface area contributed by atoms with Crippen molar-refractivity contribution in [3.63, 3.8) is 0 Å². The summed E-state index contributed by atoms with van der Waals surface area (Å²) in [5, 5.41) is 3.73. The van der Waals surface area contributed by atoms with Gasteiger partial charge < -0.3 is 5.32 Å². The van der Waals surface area contributed by atoms with Crippen molar-refractivity contribution in [2.24, 2.45) is 0 Å². The lowest BCUT2D eigenvalue weighted by molar-refractivity contribution is 0.615. The number of nitrogens with one attached hydrogen (secondary N) is 1. The predicted octanol–water partition coefficient (Wildman–Crippen LogP) is 4.57. The summed E-state index contributed by atoms with van der Waals surface area (Å²) >= 11 is 0. The van der Waals surface area contributed by atoms with Crippen LogP contribution in [0.15, 0.2) is 36.7 Å². The van der Waals surface area contributed by atoms with E-state index in [4.69, 9.17) is 0 Å². The molecule has 0 radical (unpaired) electrons. The van der Waals surface area contributed by atoms with Gasteiger partial charge in [-0.2, -0.15) is 0 Å². The Kier molecular flexibility index (Phi) is 4.64. The Bertz CT molecular complexity index is 867. The zero-order valence-corrected chi connectivity index (χ0v) is 13.6. The van der Waals surface area contributed by atoms with Crippen molar-refractivity contribution in [3.05, 3.63) is 48.3 Å². The molecule has 24 heavy (non-hydrogen) atoms. The Balaban J connectivity index is 2.02. The first kappa shape index (κ1) is 16.2. The molecule has 3 aromatic rings. The van der Waals surface area contributed by atoms with Gasteiger partial charge in [0.1, 0.15) is 17.0 Å². The van der Waals surface area contributed by atoms with Crippen molar-refractivity contribution in [1.82, 2.24) is 15.0 Å².